The fourth-order valence-electron chi connectivity index (χ4n) is 1.20. The molecule has 2 rings (SSSR count). The number of hydrogen-bond donors (Lipinski definition) is 1. The van der Waals surface area contributed by atoms with Crippen molar-refractivity contribution in [1.82, 2.24) is 9.55 Å². The van der Waals surface area contributed by atoms with Crippen LogP contribution in [0.1, 0.15) is 12.8 Å². The van der Waals surface area contributed by atoms with Gasteiger partial charge in [-0.25, -0.2) is 4.79 Å². The SMILES string of the molecule is O=c1[nH]c(=O)n(CC2CC2)cc1I. The zero-order chi connectivity index (χ0) is 9.42. The second kappa shape index (κ2) is 3.28. The molecule has 13 heavy (non-hydrogen) atoms. The van der Waals surface area contributed by atoms with Gasteiger partial charge in [-0.05, 0) is 41.4 Å². The highest BCUT2D eigenvalue weighted by Gasteiger charge is 2.22. The number of nitrogens with one attached hydrogen (secondary N) is 1. The van der Waals surface area contributed by atoms with Gasteiger partial charge in [0, 0.05) is 12.7 Å². The van der Waals surface area contributed by atoms with Gasteiger partial charge in [-0.1, -0.05) is 0 Å². The van der Waals surface area contributed by atoms with E-state index in [4.69, 9.17) is 0 Å². The number of halogens is 1. The van der Waals surface area contributed by atoms with Gasteiger partial charge in [0.15, 0.2) is 0 Å². The molecule has 0 spiro atoms. The van der Waals surface area contributed by atoms with Crippen LogP contribution in [0.25, 0.3) is 0 Å². The average Bonchev–Trinajstić information content (AvgIpc) is 2.84. The van der Waals surface area contributed by atoms with Crippen molar-refractivity contribution >= 4 is 22.6 Å². The first-order valence-electron chi connectivity index (χ1n) is 4.16. The van der Waals surface area contributed by atoms with Crippen LogP contribution in [0.2, 0.25) is 0 Å². The van der Waals surface area contributed by atoms with Crippen LogP contribution in [0.4, 0.5) is 0 Å². The minimum absolute atomic E-state index is 0.294. The van der Waals surface area contributed by atoms with Crippen LogP contribution in [-0.2, 0) is 6.54 Å². The third-order valence-electron chi connectivity index (χ3n) is 2.12. The van der Waals surface area contributed by atoms with Gasteiger partial charge in [0.25, 0.3) is 5.56 Å². The standard InChI is InChI=1S/C8H9IN2O2/c9-6-4-11(3-5-1-2-5)8(13)10-7(6)12/h4-5H,1-3H2,(H,10,12,13). The highest BCUT2D eigenvalue weighted by molar-refractivity contribution is 14.1. The largest absolute Gasteiger partial charge is 0.328 e. The van der Waals surface area contributed by atoms with Crippen LogP contribution in [0.15, 0.2) is 15.8 Å². The number of nitrogens with zero attached hydrogens (tertiary/aromatic N) is 1. The van der Waals surface area contributed by atoms with E-state index in [1.165, 1.54) is 12.8 Å². The maximum atomic E-state index is 11.3. The third kappa shape index (κ3) is 2.01. The van der Waals surface area contributed by atoms with Crippen molar-refractivity contribution in [3.8, 4) is 0 Å². The number of aromatic amines is 1. The lowest BCUT2D eigenvalue weighted by molar-refractivity contribution is 0.587. The van der Waals surface area contributed by atoms with Crippen LogP contribution in [-0.4, -0.2) is 9.55 Å². The molecule has 70 valence electrons. The molecule has 0 radical (unpaired) electrons. The lowest BCUT2D eigenvalue weighted by atomic mass is 10.4. The molecule has 0 bridgehead atoms. The first-order valence-corrected chi connectivity index (χ1v) is 5.24. The predicted octanol–water partition coefficient (Wildman–Crippen LogP) is 0.551. The molecule has 0 unspecified atom stereocenters. The highest BCUT2D eigenvalue weighted by Crippen LogP contribution is 2.29. The Morgan fingerprint density at radius 1 is 1.54 bits per heavy atom. The van der Waals surface area contributed by atoms with E-state index in [0.29, 0.717) is 9.49 Å². The van der Waals surface area contributed by atoms with Crippen LogP contribution >= 0.6 is 22.6 Å². The number of hydrogen-bond acceptors (Lipinski definition) is 2. The topological polar surface area (TPSA) is 54.9 Å². The summed E-state index contributed by atoms with van der Waals surface area (Å²) in [5.74, 6) is 0.638. The monoisotopic (exact) mass is 292 g/mol. The summed E-state index contributed by atoms with van der Waals surface area (Å²) in [7, 11) is 0. The van der Waals surface area contributed by atoms with Gasteiger partial charge in [0.2, 0.25) is 0 Å². The van der Waals surface area contributed by atoms with E-state index >= 15 is 0 Å². The Bertz CT molecular complexity index is 431. The summed E-state index contributed by atoms with van der Waals surface area (Å²) in [6.07, 6.45) is 4.02. The molecule has 1 heterocycles. The highest BCUT2D eigenvalue weighted by atomic mass is 127. The van der Waals surface area contributed by atoms with E-state index in [9.17, 15) is 9.59 Å². The van der Waals surface area contributed by atoms with E-state index in [1.54, 1.807) is 10.8 Å². The molecule has 1 aromatic rings. The van der Waals surface area contributed by atoms with Crippen LogP contribution in [0.5, 0.6) is 0 Å². The zero-order valence-corrected chi connectivity index (χ0v) is 9.08. The molecule has 1 N–H and O–H groups in total. The van der Waals surface area contributed by atoms with E-state index in [-0.39, 0.29) is 11.2 Å². The molecule has 1 fully saturated rings. The normalized spacial score (nSPS) is 16.1. The van der Waals surface area contributed by atoms with E-state index in [1.807, 2.05) is 22.6 Å². The molecule has 5 heteroatoms. The molecular weight excluding hydrogens is 283 g/mol. The molecule has 1 aliphatic rings. The van der Waals surface area contributed by atoms with E-state index in [2.05, 4.69) is 4.98 Å². The summed E-state index contributed by atoms with van der Waals surface area (Å²) in [6, 6.07) is 0. The molecule has 0 amide bonds. The molecule has 1 aliphatic carbocycles. The maximum Gasteiger partial charge on any atom is 0.328 e. The molecule has 1 aromatic heterocycles. The summed E-state index contributed by atoms with van der Waals surface area (Å²) in [5, 5.41) is 0. The zero-order valence-electron chi connectivity index (χ0n) is 6.92. The fourth-order valence-corrected chi connectivity index (χ4v) is 1.67. The molecule has 0 atom stereocenters. The lowest BCUT2D eigenvalue weighted by Crippen LogP contribution is -2.31. The van der Waals surface area contributed by atoms with Gasteiger partial charge in [0.05, 0.1) is 3.57 Å². The van der Waals surface area contributed by atoms with Gasteiger partial charge < -0.3 is 0 Å². The Hall–Kier alpha value is -0.590. The number of aromatic nitrogens is 2. The molecule has 0 aliphatic heterocycles. The van der Waals surface area contributed by atoms with Crippen molar-refractivity contribution in [2.24, 2.45) is 5.92 Å². The fraction of sp³-hybridized carbons (Fsp3) is 0.500. The average molecular weight is 292 g/mol. The maximum absolute atomic E-state index is 11.3. The Morgan fingerprint density at radius 3 is 2.85 bits per heavy atom. The molecule has 0 aromatic carbocycles. The summed E-state index contributed by atoms with van der Waals surface area (Å²) in [5.41, 5.74) is -0.588. The second-order valence-electron chi connectivity index (χ2n) is 3.33. The van der Waals surface area contributed by atoms with Crippen LogP contribution < -0.4 is 11.2 Å². The Morgan fingerprint density at radius 2 is 2.23 bits per heavy atom. The number of rotatable bonds is 2. The van der Waals surface area contributed by atoms with E-state index < -0.39 is 0 Å². The van der Waals surface area contributed by atoms with Crippen LogP contribution in [0.3, 0.4) is 0 Å². The van der Waals surface area contributed by atoms with Crippen molar-refractivity contribution in [2.45, 2.75) is 19.4 Å². The summed E-state index contributed by atoms with van der Waals surface area (Å²) >= 11 is 1.93. The quantitative estimate of drug-likeness (QED) is 0.809. The van der Waals surface area contributed by atoms with Crippen molar-refractivity contribution in [2.75, 3.05) is 0 Å². The van der Waals surface area contributed by atoms with Gasteiger partial charge in [-0.15, -0.1) is 0 Å². The smallest absolute Gasteiger partial charge is 0.299 e. The van der Waals surface area contributed by atoms with Crippen molar-refractivity contribution in [3.63, 3.8) is 0 Å². The Labute approximate surface area is 88.1 Å². The summed E-state index contributed by atoms with van der Waals surface area (Å²) in [4.78, 5) is 24.6. The van der Waals surface area contributed by atoms with Gasteiger partial charge >= 0.3 is 5.69 Å². The van der Waals surface area contributed by atoms with Crippen LogP contribution in [0, 0.1) is 9.49 Å². The Kier molecular flexibility index (Phi) is 2.27. The first kappa shape index (κ1) is 8.98. The molecule has 4 nitrogen and oxygen atoms in total. The van der Waals surface area contributed by atoms with Gasteiger partial charge in [0.1, 0.15) is 0 Å². The predicted molar refractivity (Wildman–Crippen MR) is 56.8 cm³/mol. The minimum Gasteiger partial charge on any atom is -0.299 e. The third-order valence-corrected chi connectivity index (χ3v) is 2.89. The van der Waals surface area contributed by atoms with Crippen molar-refractivity contribution in [3.05, 3.63) is 30.6 Å². The lowest BCUT2D eigenvalue weighted by Gasteiger charge is -2.02. The van der Waals surface area contributed by atoms with Crippen molar-refractivity contribution < 1.29 is 0 Å². The molecule has 0 saturated heterocycles. The van der Waals surface area contributed by atoms with Crippen molar-refractivity contribution in [1.29, 1.82) is 0 Å². The van der Waals surface area contributed by atoms with E-state index in [0.717, 1.165) is 6.54 Å². The number of H-pyrrole nitrogens is 1. The minimum atomic E-state index is -0.294. The summed E-state index contributed by atoms with van der Waals surface area (Å²) in [6.45, 7) is 0.742. The second-order valence-corrected chi connectivity index (χ2v) is 4.49. The molecular formula is C8H9IN2O2. The summed E-state index contributed by atoms with van der Waals surface area (Å²) < 4.78 is 2.15. The van der Waals surface area contributed by atoms with Gasteiger partial charge in [-0.3, -0.25) is 14.3 Å². The Balaban J connectivity index is 2.38. The molecule has 1 saturated carbocycles. The first-order chi connectivity index (χ1) is 6.16. The van der Waals surface area contributed by atoms with Gasteiger partial charge in [-0.2, -0.15) is 0 Å².